The van der Waals surface area contributed by atoms with Gasteiger partial charge in [0.25, 0.3) is 5.69 Å². The molecule has 1 atom stereocenters. The fraction of sp³-hybridized carbons (Fsp3) is 0.312. The molecule has 0 spiro atoms. The number of H-pyrrole nitrogens is 1. The molecule has 0 saturated heterocycles. The quantitative estimate of drug-likeness (QED) is 0.111. The lowest BCUT2D eigenvalue weighted by molar-refractivity contribution is -0.385. The van der Waals surface area contributed by atoms with Gasteiger partial charge >= 0.3 is 11.9 Å². The predicted octanol–water partition coefficient (Wildman–Crippen LogP) is 5.45. The number of aromatic nitrogens is 2. The Hall–Kier alpha value is -5.44. The van der Waals surface area contributed by atoms with Crippen LogP contribution in [-0.2, 0) is 19.1 Å². The van der Waals surface area contributed by atoms with Crippen LogP contribution in [0.3, 0.4) is 0 Å². The molecule has 228 valence electrons. The van der Waals surface area contributed by atoms with Crippen LogP contribution in [-0.4, -0.2) is 47.4 Å². The van der Waals surface area contributed by atoms with Crippen LogP contribution in [0.4, 0.5) is 5.69 Å². The second-order valence-corrected chi connectivity index (χ2v) is 10.1. The maximum absolute atomic E-state index is 13.4. The minimum Gasteiger partial charge on any atom is -0.477 e. The van der Waals surface area contributed by atoms with Gasteiger partial charge in [-0.2, -0.15) is 5.26 Å². The highest BCUT2D eigenvalue weighted by molar-refractivity contribution is 6.00. The smallest absolute Gasteiger partial charge is 0.336 e. The minimum atomic E-state index is -1.04. The molecule has 12 heteroatoms. The number of nitrogens with one attached hydrogen (secondary N) is 2. The summed E-state index contributed by atoms with van der Waals surface area (Å²) in [5.74, 6) is -1.96. The number of nitro benzene ring substituents is 1. The van der Waals surface area contributed by atoms with Gasteiger partial charge in [-0.1, -0.05) is 36.4 Å². The van der Waals surface area contributed by atoms with Crippen molar-refractivity contribution in [2.45, 2.75) is 45.4 Å². The van der Waals surface area contributed by atoms with Gasteiger partial charge in [0.05, 0.1) is 59.6 Å². The van der Waals surface area contributed by atoms with Gasteiger partial charge in [-0.05, 0) is 45.6 Å². The Morgan fingerprint density at radius 1 is 0.977 bits per heavy atom. The van der Waals surface area contributed by atoms with Gasteiger partial charge in [-0.25, -0.2) is 9.59 Å². The maximum atomic E-state index is 13.4. The summed E-state index contributed by atoms with van der Waals surface area (Å²) in [6, 6.07) is 17.2. The number of hydrogen-bond acceptors (Lipinski definition) is 10. The van der Waals surface area contributed by atoms with Crippen molar-refractivity contribution >= 4 is 17.6 Å². The van der Waals surface area contributed by atoms with E-state index in [1.807, 2.05) is 12.1 Å². The molecule has 1 unspecified atom stereocenters. The number of unbranched alkanes of at least 4 members (excludes halogenated alkanes) is 3. The van der Waals surface area contributed by atoms with E-state index in [1.54, 1.807) is 38.1 Å². The number of dihydropyridines is 1. The molecule has 0 saturated carbocycles. The highest BCUT2D eigenvalue weighted by Crippen LogP contribution is 2.42. The van der Waals surface area contributed by atoms with Gasteiger partial charge in [-0.15, -0.1) is 5.10 Å². The van der Waals surface area contributed by atoms with E-state index in [-0.39, 0.29) is 29.0 Å². The molecule has 44 heavy (non-hydrogen) atoms. The first kappa shape index (κ1) is 31.5. The summed E-state index contributed by atoms with van der Waals surface area (Å²) < 4.78 is 16.3. The lowest BCUT2D eigenvalue weighted by Crippen LogP contribution is -2.32. The summed E-state index contributed by atoms with van der Waals surface area (Å²) in [4.78, 5) is 37.4. The Kier molecular flexibility index (Phi) is 10.5. The molecule has 0 fully saturated rings. The molecule has 3 aromatic rings. The average Bonchev–Trinajstić information content (AvgIpc) is 3.50. The number of aromatic amines is 1. The van der Waals surface area contributed by atoms with Crippen LogP contribution in [0.25, 0.3) is 11.3 Å². The fourth-order valence-electron chi connectivity index (χ4n) is 5.16. The minimum absolute atomic E-state index is 0.109. The zero-order chi connectivity index (χ0) is 31.6. The number of esters is 2. The van der Waals surface area contributed by atoms with Crippen molar-refractivity contribution in [2.24, 2.45) is 0 Å². The molecule has 1 aliphatic rings. The van der Waals surface area contributed by atoms with Crippen LogP contribution in [0.5, 0.6) is 5.88 Å². The normalized spacial score (nSPS) is 14.5. The number of carbonyl (C=O) groups excluding carboxylic acids is 2. The number of nitro groups is 1. The molecule has 2 N–H and O–H groups in total. The standard InChI is InChI=1S/C32H33N5O7/c1-20-28(31(38)42-3)30(24-14-8-9-15-26(24)37(40)41)29(21(2)34-20)32(39)44-17-11-5-4-10-16-43-27-18-25(35-36-27)23-13-7-6-12-22(23)19-33/h6-9,12-15,18,30,34H,4-5,10-11,16-17H2,1-3H3,(H,35,36). The third-order valence-corrected chi connectivity index (χ3v) is 7.24. The Bertz CT molecular complexity index is 1650. The van der Waals surface area contributed by atoms with Crippen LogP contribution in [0.15, 0.2) is 77.1 Å². The second kappa shape index (κ2) is 14.6. The number of carbonyl (C=O) groups is 2. The van der Waals surface area contributed by atoms with Crippen molar-refractivity contribution in [3.05, 3.63) is 98.4 Å². The van der Waals surface area contributed by atoms with Crippen molar-refractivity contribution in [3.63, 3.8) is 0 Å². The molecule has 2 aromatic carbocycles. The molecule has 0 bridgehead atoms. The van der Waals surface area contributed by atoms with Crippen LogP contribution >= 0.6 is 0 Å². The van der Waals surface area contributed by atoms with E-state index in [1.165, 1.54) is 25.3 Å². The lowest BCUT2D eigenvalue weighted by atomic mass is 9.79. The zero-order valence-electron chi connectivity index (χ0n) is 24.7. The summed E-state index contributed by atoms with van der Waals surface area (Å²) in [5, 5.41) is 31.2. The summed E-state index contributed by atoms with van der Waals surface area (Å²) in [6.45, 7) is 3.90. The Labute approximate surface area is 254 Å². The summed E-state index contributed by atoms with van der Waals surface area (Å²) >= 11 is 0. The van der Waals surface area contributed by atoms with E-state index in [4.69, 9.17) is 14.2 Å². The fourth-order valence-corrected chi connectivity index (χ4v) is 5.16. The Balaban J connectivity index is 1.30. The first-order chi connectivity index (χ1) is 21.3. The van der Waals surface area contributed by atoms with Crippen LogP contribution in [0, 0.1) is 21.4 Å². The van der Waals surface area contributed by atoms with Crippen molar-refractivity contribution < 1.29 is 28.7 Å². The third-order valence-electron chi connectivity index (χ3n) is 7.24. The summed E-state index contributed by atoms with van der Waals surface area (Å²) in [7, 11) is 1.22. The summed E-state index contributed by atoms with van der Waals surface area (Å²) in [6.07, 6.45) is 2.94. The highest BCUT2D eigenvalue weighted by atomic mass is 16.6. The molecule has 12 nitrogen and oxygen atoms in total. The number of nitrogens with zero attached hydrogens (tertiary/aromatic N) is 3. The van der Waals surface area contributed by atoms with E-state index < -0.39 is 22.8 Å². The average molecular weight is 600 g/mol. The molecule has 1 aromatic heterocycles. The van der Waals surface area contributed by atoms with E-state index in [9.17, 15) is 25.0 Å². The molecular formula is C32H33N5O7. The first-order valence-corrected chi connectivity index (χ1v) is 14.1. The molecule has 2 heterocycles. The molecule has 0 radical (unpaired) electrons. The number of ether oxygens (including phenoxy) is 3. The largest absolute Gasteiger partial charge is 0.477 e. The topological polar surface area (TPSA) is 169 Å². The van der Waals surface area contributed by atoms with Crippen LogP contribution in [0.2, 0.25) is 0 Å². The maximum Gasteiger partial charge on any atom is 0.336 e. The van der Waals surface area contributed by atoms with Gasteiger partial charge < -0.3 is 19.5 Å². The number of benzene rings is 2. The molecule has 0 amide bonds. The second-order valence-electron chi connectivity index (χ2n) is 10.1. The van der Waals surface area contributed by atoms with E-state index >= 15 is 0 Å². The number of nitriles is 1. The van der Waals surface area contributed by atoms with Gasteiger partial charge in [0.2, 0.25) is 5.88 Å². The van der Waals surface area contributed by atoms with Gasteiger partial charge in [-0.3, -0.25) is 15.2 Å². The molecule has 4 rings (SSSR count). The lowest BCUT2D eigenvalue weighted by Gasteiger charge is -2.30. The molecular weight excluding hydrogens is 566 g/mol. The van der Waals surface area contributed by atoms with Gasteiger partial charge in [0.15, 0.2) is 0 Å². The highest BCUT2D eigenvalue weighted by Gasteiger charge is 2.40. The van der Waals surface area contributed by atoms with Crippen molar-refractivity contribution in [2.75, 3.05) is 20.3 Å². The number of para-hydroxylation sites is 1. The Morgan fingerprint density at radius 3 is 2.34 bits per heavy atom. The van der Waals surface area contributed by atoms with Crippen molar-refractivity contribution in [1.82, 2.24) is 15.5 Å². The van der Waals surface area contributed by atoms with E-state index in [0.717, 1.165) is 24.8 Å². The van der Waals surface area contributed by atoms with Crippen molar-refractivity contribution in [1.29, 1.82) is 5.26 Å². The first-order valence-electron chi connectivity index (χ1n) is 14.1. The van der Waals surface area contributed by atoms with Crippen LogP contribution < -0.4 is 10.1 Å². The number of methoxy groups -OCH3 is 1. The number of hydrogen-bond donors (Lipinski definition) is 2. The number of allylic oxidation sites excluding steroid dienone is 2. The molecule has 1 aliphatic heterocycles. The Morgan fingerprint density at radius 2 is 1.64 bits per heavy atom. The van der Waals surface area contributed by atoms with E-state index in [2.05, 4.69) is 21.6 Å². The summed E-state index contributed by atoms with van der Waals surface area (Å²) in [5.41, 5.74) is 3.09. The zero-order valence-corrected chi connectivity index (χ0v) is 24.7. The number of rotatable bonds is 13. The van der Waals surface area contributed by atoms with Gasteiger partial charge in [0, 0.05) is 34.7 Å². The van der Waals surface area contributed by atoms with Gasteiger partial charge in [0.1, 0.15) is 0 Å². The third kappa shape index (κ3) is 7.12. The monoisotopic (exact) mass is 599 g/mol. The SMILES string of the molecule is COC(=O)C1=C(C)NC(C)=C(C(=O)OCCCCCCOc2cc(-c3ccccc3C#N)[nH]n2)C1c1ccccc1[N+](=O)[O-]. The predicted molar refractivity (Wildman–Crippen MR) is 160 cm³/mol. The van der Waals surface area contributed by atoms with E-state index in [0.29, 0.717) is 41.6 Å². The van der Waals surface area contributed by atoms with Crippen LogP contribution in [0.1, 0.15) is 56.6 Å². The van der Waals surface area contributed by atoms with Crippen molar-refractivity contribution in [3.8, 4) is 23.2 Å². The molecule has 0 aliphatic carbocycles.